The molecule has 0 amide bonds. The Morgan fingerprint density at radius 2 is 1.76 bits per heavy atom. The van der Waals surface area contributed by atoms with Gasteiger partial charge in [0, 0.05) is 26.2 Å². The predicted octanol–water partition coefficient (Wildman–Crippen LogP) is 1.75. The third-order valence-electron chi connectivity index (χ3n) is 4.00. The maximum atomic E-state index is 11.5. The average Bonchev–Trinajstić information content (AvgIpc) is 2.85. The first-order valence-corrected chi connectivity index (χ1v) is 7.24. The third-order valence-corrected chi connectivity index (χ3v) is 4.00. The number of nitrogens with zero attached hydrogens (tertiary/aromatic N) is 4. The molecule has 1 aliphatic rings. The topological polar surface area (TPSA) is 41.4 Å². The van der Waals surface area contributed by atoms with Crippen LogP contribution in [0.2, 0.25) is 0 Å². The molecule has 0 radical (unpaired) electrons. The molecule has 2 aromatic rings. The Hall–Kier alpha value is -2.14. The van der Waals surface area contributed by atoms with Crippen molar-refractivity contribution in [3.8, 4) is 5.69 Å². The molecule has 0 aliphatic carbocycles. The monoisotopic (exact) mass is 284 g/mol. The van der Waals surface area contributed by atoms with E-state index >= 15 is 0 Å². The van der Waals surface area contributed by atoms with Gasteiger partial charge in [0.2, 0.25) is 0 Å². The first-order valence-electron chi connectivity index (χ1n) is 7.24. The average molecular weight is 284 g/mol. The number of piperazine rings is 1. The van der Waals surface area contributed by atoms with Crippen LogP contribution in [0.4, 0.5) is 5.82 Å². The van der Waals surface area contributed by atoms with Crippen molar-refractivity contribution in [3.05, 3.63) is 41.6 Å². The number of benzene rings is 1. The summed E-state index contributed by atoms with van der Waals surface area (Å²) >= 11 is 0. The van der Waals surface area contributed by atoms with Gasteiger partial charge in [-0.25, -0.2) is 4.68 Å². The van der Waals surface area contributed by atoms with Crippen LogP contribution in [0.3, 0.4) is 0 Å². The summed E-state index contributed by atoms with van der Waals surface area (Å²) in [5.41, 5.74) is 2.47. The van der Waals surface area contributed by atoms with Crippen LogP contribution in [0.25, 0.3) is 5.69 Å². The lowest BCUT2D eigenvalue weighted by Crippen LogP contribution is -2.45. The fourth-order valence-electron chi connectivity index (χ4n) is 2.74. The van der Waals surface area contributed by atoms with Crippen LogP contribution < -0.4 is 4.90 Å². The molecule has 5 nitrogen and oxygen atoms in total. The van der Waals surface area contributed by atoms with Crippen molar-refractivity contribution >= 4 is 12.1 Å². The van der Waals surface area contributed by atoms with Crippen molar-refractivity contribution in [1.82, 2.24) is 14.7 Å². The SMILES string of the molecule is Cc1nn(-c2ccccc2)c(N2CCN(C)CC2)c1C=O. The van der Waals surface area contributed by atoms with Gasteiger partial charge in [-0.05, 0) is 26.1 Å². The lowest BCUT2D eigenvalue weighted by molar-refractivity contribution is 0.112. The smallest absolute Gasteiger partial charge is 0.155 e. The van der Waals surface area contributed by atoms with Crippen LogP contribution in [0.5, 0.6) is 0 Å². The van der Waals surface area contributed by atoms with Gasteiger partial charge < -0.3 is 9.80 Å². The minimum atomic E-state index is 0.698. The number of aromatic nitrogens is 2. The van der Waals surface area contributed by atoms with Gasteiger partial charge in [0.05, 0.1) is 16.9 Å². The molecule has 110 valence electrons. The molecule has 1 aliphatic heterocycles. The Kier molecular flexibility index (Phi) is 3.75. The summed E-state index contributed by atoms with van der Waals surface area (Å²) in [4.78, 5) is 16.1. The van der Waals surface area contributed by atoms with Crippen molar-refractivity contribution in [3.63, 3.8) is 0 Å². The van der Waals surface area contributed by atoms with Gasteiger partial charge in [-0.1, -0.05) is 18.2 Å². The second-order valence-corrected chi connectivity index (χ2v) is 5.48. The first kappa shape index (κ1) is 13.8. The summed E-state index contributed by atoms with van der Waals surface area (Å²) in [6, 6.07) is 9.98. The highest BCUT2D eigenvalue weighted by molar-refractivity contribution is 5.85. The van der Waals surface area contributed by atoms with Gasteiger partial charge in [-0.15, -0.1) is 0 Å². The Balaban J connectivity index is 2.07. The minimum absolute atomic E-state index is 0.698. The zero-order valence-corrected chi connectivity index (χ0v) is 12.5. The molecule has 5 heteroatoms. The molecule has 1 aromatic carbocycles. The highest BCUT2D eigenvalue weighted by atomic mass is 16.1. The van der Waals surface area contributed by atoms with Crippen molar-refractivity contribution in [2.75, 3.05) is 38.1 Å². The van der Waals surface area contributed by atoms with E-state index in [4.69, 9.17) is 0 Å². The molecular formula is C16H20N4O. The normalized spacial score (nSPS) is 16.2. The Morgan fingerprint density at radius 3 is 2.38 bits per heavy atom. The number of anilines is 1. The Labute approximate surface area is 124 Å². The molecule has 0 spiro atoms. The number of hydrogen-bond donors (Lipinski definition) is 0. The zero-order valence-electron chi connectivity index (χ0n) is 12.5. The summed E-state index contributed by atoms with van der Waals surface area (Å²) in [5, 5.41) is 4.58. The number of para-hydroxylation sites is 1. The van der Waals surface area contributed by atoms with Crippen LogP contribution in [0.1, 0.15) is 16.1 Å². The van der Waals surface area contributed by atoms with E-state index in [0.717, 1.165) is 49.7 Å². The quantitative estimate of drug-likeness (QED) is 0.805. The van der Waals surface area contributed by atoms with Crippen LogP contribution in [-0.2, 0) is 0 Å². The molecular weight excluding hydrogens is 264 g/mol. The second-order valence-electron chi connectivity index (χ2n) is 5.48. The van der Waals surface area contributed by atoms with Gasteiger partial charge in [0.15, 0.2) is 6.29 Å². The third kappa shape index (κ3) is 2.56. The maximum Gasteiger partial charge on any atom is 0.155 e. The number of aryl methyl sites for hydroxylation is 1. The molecule has 0 N–H and O–H groups in total. The highest BCUT2D eigenvalue weighted by Crippen LogP contribution is 2.26. The van der Waals surface area contributed by atoms with E-state index in [2.05, 4.69) is 21.9 Å². The molecule has 21 heavy (non-hydrogen) atoms. The number of rotatable bonds is 3. The summed E-state index contributed by atoms with van der Waals surface area (Å²) in [5.74, 6) is 0.918. The fourth-order valence-corrected chi connectivity index (χ4v) is 2.74. The maximum absolute atomic E-state index is 11.5. The Bertz CT molecular complexity index is 627. The standard InChI is InChI=1S/C16H20N4O/c1-13-15(12-21)16(19-10-8-18(2)9-11-19)20(17-13)14-6-4-3-5-7-14/h3-7,12H,8-11H2,1-2H3. The van der Waals surface area contributed by atoms with E-state index in [0.29, 0.717) is 5.56 Å². The van der Waals surface area contributed by atoms with E-state index < -0.39 is 0 Å². The van der Waals surface area contributed by atoms with E-state index in [1.807, 2.05) is 41.9 Å². The number of carbonyl (C=O) groups excluding carboxylic acids is 1. The zero-order chi connectivity index (χ0) is 14.8. The van der Waals surface area contributed by atoms with Gasteiger partial charge in [0.1, 0.15) is 5.82 Å². The number of carbonyl (C=O) groups is 1. The van der Waals surface area contributed by atoms with Gasteiger partial charge >= 0.3 is 0 Å². The van der Waals surface area contributed by atoms with Crippen molar-refractivity contribution in [2.24, 2.45) is 0 Å². The van der Waals surface area contributed by atoms with Crippen molar-refractivity contribution < 1.29 is 4.79 Å². The molecule has 0 saturated carbocycles. The predicted molar refractivity (Wildman–Crippen MR) is 83.4 cm³/mol. The molecule has 0 unspecified atom stereocenters. The summed E-state index contributed by atoms with van der Waals surface area (Å²) in [7, 11) is 2.12. The number of hydrogen-bond acceptors (Lipinski definition) is 4. The van der Waals surface area contributed by atoms with E-state index in [9.17, 15) is 4.79 Å². The van der Waals surface area contributed by atoms with Crippen LogP contribution >= 0.6 is 0 Å². The molecule has 1 fully saturated rings. The molecule has 0 atom stereocenters. The van der Waals surface area contributed by atoms with Gasteiger partial charge in [0.25, 0.3) is 0 Å². The van der Waals surface area contributed by atoms with Crippen LogP contribution in [0.15, 0.2) is 30.3 Å². The molecule has 2 heterocycles. The van der Waals surface area contributed by atoms with Gasteiger partial charge in [-0.3, -0.25) is 4.79 Å². The minimum Gasteiger partial charge on any atom is -0.353 e. The van der Waals surface area contributed by atoms with Crippen molar-refractivity contribution in [2.45, 2.75) is 6.92 Å². The molecule has 3 rings (SSSR count). The number of likely N-dealkylation sites (N-methyl/N-ethyl adjacent to an activating group) is 1. The van der Waals surface area contributed by atoms with Crippen LogP contribution in [0, 0.1) is 6.92 Å². The second kappa shape index (κ2) is 5.69. The van der Waals surface area contributed by atoms with E-state index in [1.165, 1.54) is 0 Å². The summed E-state index contributed by atoms with van der Waals surface area (Å²) in [6.45, 7) is 5.71. The number of aldehydes is 1. The lowest BCUT2D eigenvalue weighted by Gasteiger charge is -2.34. The summed E-state index contributed by atoms with van der Waals surface area (Å²) in [6.07, 6.45) is 0.926. The summed E-state index contributed by atoms with van der Waals surface area (Å²) < 4.78 is 1.89. The lowest BCUT2D eigenvalue weighted by atomic mass is 10.2. The highest BCUT2D eigenvalue weighted by Gasteiger charge is 2.24. The van der Waals surface area contributed by atoms with Crippen molar-refractivity contribution in [1.29, 1.82) is 0 Å². The van der Waals surface area contributed by atoms with E-state index in [1.54, 1.807) is 0 Å². The molecule has 1 aromatic heterocycles. The van der Waals surface area contributed by atoms with E-state index in [-0.39, 0.29) is 0 Å². The Morgan fingerprint density at radius 1 is 1.10 bits per heavy atom. The van der Waals surface area contributed by atoms with Gasteiger partial charge in [-0.2, -0.15) is 5.10 Å². The molecule has 1 saturated heterocycles. The largest absolute Gasteiger partial charge is 0.353 e. The fraction of sp³-hybridized carbons (Fsp3) is 0.375. The molecule has 0 bridgehead atoms. The first-order chi connectivity index (χ1) is 10.2. The van der Waals surface area contributed by atoms with Crippen LogP contribution in [-0.4, -0.2) is 54.2 Å².